The van der Waals surface area contributed by atoms with Gasteiger partial charge in [-0.1, -0.05) is 0 Å². The molecule has 0 spiro atoms. The lowest BCUT2D eigenvalue weighted by molar-refractivity contribution is -0.133. The van der Waals surface area contributed by atoms with Crippen molar-refractivity contribution in [2.24, 2.45) is 5.92 Å². The lowest BCUT2D eigenvalue weighted by Gasteiger charge is -2.17. The Kier molecular flexibility index (Phi) is 2.88. The van der Waals surface area contributed by atoms with Crippen LogP contribution in [0.15, 0.2) is 0 Å². The highest BCUT2D eigenvalue weighted by Crippen LogP contribution is 2.14. The number of amides is 1. The van der Waals surface area contributed by atoms with Crippen LogP contribution >= 0.6 is 0 Å². The number of hydrogen-bond acceptors (Lipinski definition) is 2. The second kappa shape index (κ2) is 3.72. The Morgan fingerprint density at radius 2 is 2.45 bits per heavy atom. The summed E-state index contributed by atoms with van der Waals surface area (Å²) in [6, 6.07) is 0. The standard InChI is InChI=1S/C8H15NO2/c1-3-9(2)8(10)7-4-5-11-6-7/h7H,3-6H2,1-2H3/t7-/m0/s1. The van der Waals surface area contributed by atoms with Crippen LogP contribution in [0.2, 0.25) is 0 Å². The highest BCUT2D eigenvalue weighted by molar-refractivity contribution is 5.78. The zero-order chi connectivity index (χ0) is 8.27. The van der Waals surface area contributed by atoms with Crippen molar-refractivity contribution in [3.63, 3.8) is 0 Å². The molecule has 1 aliphatic heterocycles. The molecule has 0 aliphatic carbocycles. The van der Waals surface area contributed by atoms with Gasteiger partial charge in [0.15, 0.2) is 0 Å². The van der Waals surface area contributed by atoms with Gasteiger partial charge in [0.05, 0.1) is 12.5 Å². The summed E-state index contributed by atoms with van der Waals surface area (Å²) >= 11 is 0. The van der Waals surface area contributed by atoms with Gasteiger partial charge in [-0.15, -0.1) is 0 Å². The number of hydrogen-bond donors (Lipinski definition) is 0. The van der Waals surface area contributed by atoms with Crippen LogP contribution in [0.4, 0.5) is 0 Å². The third kappa shape index (κ3) is 1.93. The molecule has 0 N–H and O–H groups in total. The van der Waals surface area contributed by atoms with E-state index in [2.05, 4.69) is 0 Å². The lowest BCUT2D eigenvalue weighted by atomic mass is 10.1. The zero-order valence-corrected chi connectivity index (χ0v) is 7.17. The molecule has 64 valence electrons. The molecule has 0 saturated carbocycles. The fraction of sp³-hybridized carbons (Fsp3) is 0.875. The first-order valence-electron chi connectivity index (χ1n) is 4.08. The van der Waals surface area contributed by atoms with E-state index in [1.807, 2.05) is 14.0 Å². The Morgan fingerprint density at radius 1 is 1.73 bits per heavy atom. The minimum absolute atomic E-state index is 0.125. The summed E-state index contributed by atoms with van der Waals surface area (Å²) < 4.78 is 5.13. The average molecular weight is 157 g/mol. The maximum atomic E-state index is 11.4. The molecular formula is C8H15NO2. The van der Waals surface area contributed by atoms with Crippen molar-refractivity contribution in [1.29, 1.82) is 0 Å². The van der Waals surface area contributed by atoms with Crippen LogP contribution in [0.1, 0.15) is 13.3 Å². The number of nitrogens with zero attached hydrogens (tertiary/aromatic N) is 1. The molecule has 1 amide bonds. The van der Waals surface area contributed by atoms with Crippen molar-refractivity contribution in [2.45, 2.75) is 13.3 Å². The molecule has 1 atom stereocenters. The number of rotatable bonds is 2. The monoisotopic (exact) mass is 157 g/mol. The third-order valence-electron chi connectivity index (χ3n) is 2.13. The molecule has 3 nitrogen and oxygen atoms in total. The molecule has 1 saturated heterocycles. The minimum atomic E-state index is 0.125. The summed E-state index contributed by atoms with van der Waals surface area (Å²) in [6.45, 7) is 4.13. The molecule has 1 fully saturated rings. The molecule has 0 aromatic heterocycles. The first-order chi connectivity index (χ1) is 5.25. The Balaban J connectivity index is 2.39. The van der Waals surface area contributed by atoms with Crippen LogP contribution in [-0.4, -0.2) is 37.6 Å². The van der Waals surface area contributed by atoms with Crippen LogP contribution in [-0.2, 0) is 9.53 Å². The van der Waals surface area contributed by atoms with Crippen LogP contribution in [0.25, 0.3) is 0 Å². The van der Waals surface area contributed by atoms with Crippen LogP contribution in [0.3, 0.4) is 0 Å². The maximum absolute atomic E-state index is 11.4. The average Bonchev–Trinajstić information content (AvgIpc) is 2.53. The van der Waals surface area contributed by atoms with Gasteiger partial charge in [-0.2, -0.15) is 0 Å². The summed E-state index contributed by atoms with van der Waals surface area (Å²) in [7, 11) is 1.83. The summed E-state index contributed by atoms with van der Waals surface area (Å²) in [5.74, 6) is 0.352. The third-order valence-corrected chi connectivity index (χ3v) is 2.13. The first-order valence-corrected chi connectivity index (χ1v) is 4.08. The van der Waals surface area contributed by atoms with Crippen molar-refractivity contribution in [1.82, 2.24) is 4.90 Å². The van der Waals surface area contributed by atoms with Crippen molar-refractivity contribution in [3.8, 4) is 0 Å². The van der Waals surface area contributed by atoms with E-state index in [1.165, 1.54) is 0 Å². The summed E-state index contributed by atoms with van der Waals surface area (Å²) in [4.78, 5) is 13.2. The Bertz CT molecular complexity index is 141. The van der Waals surface area contributed by atoms with E-state index in [4.69, 9.17) is 4.74 Å². The molecule has 1 aliphatic rings. The predicted octanol–water partition coefficient (Wildman–Crippen LogP) is 0.501. The van der Waals surface area contributed by atoms with Gasteiger partial charge in [-0.25, -0.2) is 0 Å². The number of ether oxygens (including phenoxy) is 1. The highest BCUT2D eigenvalue weighted by Gasteiger charge is 2.25. The van der Waals surface area contributed by atoms with E-state index in [9.17, 15) is 4.79 Å². The fourth-order valence-electron chi connectivity index (χ4n) is 1.20. The number of carbonyl (C=O) groups is 1. The minimum Gasteiger partial charge on any atom is -0.381 e. The molecule has 1 rings (SSSR count). The Hall–Kier alpha value is -0.570. The van der Waals surface area contributed by atoms with Gasteiger partial charge in [-0.3, -0.25) is 4.79 Å². The van der Waals surface area contributed by atoms with E-state index < -0.39 is 0 Å². The quantitative estimate of drug-likeness (QED) is 0.584. The van der Waals surface area contributed by atoms with Crippen molar-refractivity contribution in [2.75, 3.05) is 26.8 Å². The largest absolute Gasteiger partial charge is 0.381 e. The van der Waals surface area contributed by atoms with Gasteiger partial charge >= 0.3 is 0 Å². The van der Waals surface area contributed by atoms with Crippen molar-refractivity contribution >= 4 is 5.91 Å². The van der Waals surface area contributed by atoms with E-state index in [0.717, 1.165) is 19.6 Å². The maximum Gasteiger partial charge on any atom is 0.227 e. The molecule has 0 aromatic carbocycles. The zero-order valence-electron chi connectivity index (χ0n) is 7.17. The summed E-state index contributed by atoms with van der Waals surface area (Å²) in [5.41, 5.74) is 0. The molecular weight excluding hydrogens is 142 g/mol. The predicted molar refractivity (Wildman–Crippen MR) is 42.2 cm³/mol. The Morgan fingerprint density at radius 3 is 2.91 bits per heavy atom. The van der Waals surface area contributed by atoms with Gasteiger partial charge in [0.1, 0.15) is 0 Å². The molecule has 0 unspecified atom stereocenters. The molecule has 11 heavy (non-hydrogen) atoms. The van der Waals surface area contributed by atoms with Crippen LogP contribution < -0.4 is 0 Å². The van der Waals surface area contributed by atoms with Crippen molar-refractivity contribution < 1.29 is 9.53 Å². The van der Waals surface area contributed by atoms with Crippen LogP contribution in [0, 0.1) is 5.92 Å². The molecule has 0 radical (unpaired) electrons. The van der Waals surface area contributed by atoms with Gasteiger partial charge in [0.25, 0.3) is 0 Å². The second-order valence-corrected chi connectivity index (χ2v) is 2.91. The molecule has 3 heteroatoms. The number of carbonyl (C=O) groups excluding carboxylic acids is 1. The summed E-state index contributed by atoms with van der Waals surface area (Å²) in [6.07, 6.45) is 0.892. The topological polar surface area (TPSA) is 29.5 Å². The normalized spacial score (nSPS) is 23.6. The van der Waals surface area contributed by atoms with Gasteiger partial charge in [0, 0.05) is 20.2 Å². The summed E-state index contributed by atoms with van der Waals surface area (Å²) in [5, 5.41) is 0. The SMILES string of the molecule is CCN(C)C(=O)[C@H]1CCOC1. The van der Waals surface area contributed by atoms with Gasteiger partial charge < -0.3 is 9.64 Å². The highest BCUT2D eigenvalue weighted by atomic mass is 16.5. The Labute approximate surface area is 67.3 Å². The van der Waals surface area contributed by atoms with Gasteiger partial charge in [0.2, 0.25) is 5.91 Å². The molecule has 0 aromatic rings. The molecule has 1 heterocycles. The fourth-order valence-corrected chi connectivity index (χ4v) is 1.20. The second-order valence-electron chi connectivity index (χ2n) is 2.91. The van der Waals surface area contributed by atoms with E-state index in [1.54, 1.807) is 4.90 Å². The van der Waals surface area contributed by atoms with E-state index in [-0.39, 0.29) is 11.8 Å². The van der Waals surface area contributed by atoms with Crippen LogP contribution in [0.5, 0.6) is 0 Å². The van der Waals surface area contributed by atoms with E-state index in [0.29, 0.717) is 6.61 Å². The lowest BCUT2D eigenvalue weighted by Crippen LogP contribution is -2.32. The molecule has 0 bridgehead atoms. The van der Waals surface area contributed by atoms with Gasteiger partial charge in [-0.05, 0) is 13.3 Å². The smallest absolute Gasteiger partial charge is 0.227 e. The first kappa shape index (κ1) is 8.53. The van der Waals surface area contributed by atoms with E-state index >= 15 is 0 Å². The van der Waals surface area contributed by atoms with Crippen molar-refractivity contribution in [3.05, 3.63) is 0 Å².